The van der Waals surface area contributed by atoms with Crippen LogP contribution in [0.25, 0.3) is 0 Å². The highest BCUT2D eigenvalue weighted by Gasteiger charge is 2.20. The monoisotopic (exact) mass is 129 g/mol. The molecule has 0 atom stereocenters. The summed E-state index contributed by atoms with van der Waals surface area (Å²) >= 11 is 0. The molecule has 56 valence electrons. The maximum Gasteiger partial charge on any atom is 0.0308 e. The van der Waals surface area contributed by atoms with E-state index in [9.17, 15) is 0 Å². The van der Waals surface area contributed by atoms with Crippen LogP contribution in [-0.4, -0.2) is 0 Å². The maximum atomic E-state index is 8.07. The molecule has 0 aliphatic heterocycles. The van der Waals surface area contributed by atoms with E-state index >= 15 is 0 Å². The predicted octanol–water partition coefficient (Wildman–Crippen LogP) is 3.47. The molecule has 0 saturated carbocycles. The van der Waals surface area contributed by atoms with Gasteiger partial charge in [-0.05, 0) is 11.3 Å². The van der Waals surface area contributed by atoms with Gasteiger partial charge in [0.2, 0.25) is 0 Å². The Bertz CT molecular complexity index is 95.8. The Kier molecular flexibility index (Phi) is 2.56. The molecule has 0 heteroatoms. The van der Waals surface area contributed by atoms with E-state index in [4.69, 9.17) is 1.37 Å². The second kappa shape index (κ2) is 3.24. The van der Waals surface area contributed by atoms with Gasteiger partial charge < -0.3 is 0 Å². The molecule has 0 unspecified atom stereocenters. The highest BCUT2D eigenvalue weighted by molar-refractivity contribution is 4.70. The van der Waals surface area contributed by atoms with Gasteiger partial charge >= 0.3 is 0 Å². The lowest BCUT2D eigenvalue weighted by Crippen LogP contribution is -2.18. The second-order valence-electron chi connectivity index (χ2n) is 3.56. The lowest BCUT2D eigenvalue weighted by molar-refractivity contribution is 0.226. The number of hydrogen-bond donors (Lipinski definition) is 0. The first-order chi connectivity index (χ1) is 4.37. The van der Waals surface area contributed by atoms with E-state index in [0.717, 1.165) is 12.8 Å². The van der Waals surface area contributed by atoms with Gasteiger partial charge in [-0.15, -0.1) is 0 Å². The Morgan fingerprint density at radius 2 is 1.56 bits per heavy atom. The highest BCUT2D eigenvalue weighted by atomic mass is 14.3. The molecule has 0 fully saturated rings. The fourth-order valence-corrected chi connectivity index (χ4v) is 1.31. The largest absolute Gasteiger partial charge is 0.0651 e. The molecule has 0 aromatic rings. The third-order valence-corrected chi connectivity index (χ3v) is 1.91. The number of rotatable bonds is 2. The van der Waals surface area contributed by atoms with Crippen LogP contribution in [0.2, 0.25) is 0 Å². The Morgan fingerprint density at radius 1 is 1.22 bits per heavy atom. The fraction of sp³-hybridized carbons (Fsp3) is 1.00. The molecule has 0 nitrogen and oxygen atoms in total. The zero-order valence-electron chi connectivity index (χ0n) is 8.41. The molecule has 0 aromatic heterocycles. The molecule has 0 aliphatic carbocycles. The van der Waals surface area contributed by atoms with Gasteiger partial charge in [-0.3, -0.25) is 0 Å². The van der Waals surface area contributed by atoms with Crippen molar-refractivity contribution in [2.45, 2.75) is 47.5 Å². The smallest absolute Gasteiger partial charge is 0.0308 e. The van der Waals surface area contributed by atoms with Crippen LogP contribution in [0, 0.1) is 11.3 Å². The first-order valence-corrected chi connectivity index (χ1v) is 3.87. The van der Waals surface area contributed by atoms with Gasteiger partial charge in [0.15, 0.2) is 0 Å². The molecule has 0 spiro atoms. The van der Waals surface area contributed by atoms with Gasteiger partial charge in [-0.25, -0.2) is 0 Å². The van der Waals surface area contributed by atoms with Crippen molar-refractivity contribution >= 4 is 0 Å². The molecule has 0 rings (SSSR count). The first kappa shape index (κ1) is 7.11. The van der Waals surface area contributed by atoms with Crippen LogP contribution in [0.15, 0.2) is 0 Å². The van der Waals surface area contributed by atoms with Gasteiger partial charge in [0.25, 0.3) is 0 Å². The lowest BCUT2D eigenvalue weighted by atomic mass is 9.78. The van der Waals surface area contributed by atoms with E-state index in [0.29, 0.717) is 0 Å². The van der Waals surface area contributed by atoms with E-state index in [2.05, 4.69) is 34.6 Å². The van der Waals surface area contributed by atoms with Crippen molar-refractivity contribution in [2.75, 3.05) is 0 Å². The Labute approximate surface area is 61.1 Å². The molecular formula is C9H20. The molecule has 0 heterocycles. The molecule has 0 saturated heterocycles. The molecule has 0 N–H and O–H groups in total. The summed E-state index contributed by atoms with van der Waals surface area (Å²) in [6.07, 6.45) is 1.90. The topological polar surface area (TPSA) is 0 Å². The summed E-state index contributed by atoms with van der Waals surface area (Å²) in [6.45, 7) is 10.6. The average Bonchev–Trinajstić information content (AvgIpc) is 1.84. The zero-order valence-corrected chi connectivity index (χ0v) is 7.41. The van der Waals surface area contributed by atoms with E-state index in [1.54, 1.807) is 0 Å². The molecular weight excluding hydrogens is 108 g/mol. The van der Waals surface area contributed by atoms with Crippen LogP contribution in [0.5, 0.6) is 0 Å². The Morgan fingerprint density at radius 3 is 1.56 bits per heavy atom. The SMILES string of the molecule is [2H]C(CC)(CC)C(C)(C)C. The highest BCUT2D eigenvalue weighted by Crippen LogP contribution is 2.30. The summed E-state index contributed by atoms with van der Waals surface area (Å²) in [6, 6.07) is 0. The van der Waals surface area contributed by atoms with E-state index < -0.39 is 0 Å². The van der Waals surface area contributed by atoms with Crippen LogP contribution in [0.4, 0.5) is 0 Å². The van der Waals surface area contributed by atoms with Crippen molar-refractivity contribution in [2.24, 2.45) is 11.3 Å². The van der Waals surface area contributed by atoms with Gasteiger partial charge in [-0.1, -0.05) is 47.5 Å². The molecule has 0 amide bonds. The fourth-order valence-electron chi connectivity index (χ4n) is 1.31. The van der Waals surface area contributed by atoms with Crippen molar-refractivity contribution in [1.29, 1.82) is 0 Å². The van der Waals surface area contributed by atoms with E-state index in [1.807, 2.05) is 0 Å². The average molecular weight is 129 g/mol. The van der Waals surface area contributed by atoms with Crippen LogP contribution in [0.1, 0.15) is 48.8 Å². The molecule has 0 bridgehead atoms. The van der Waals surface area contributed by atoms with Crippen LogP contribution in [0.3, 0.4) is 0 Å². The first-order valence-electron chi connectivity index (χ1n) is 4.37. The van der Waals surface area contributed by atoms with Crippen molar-refractivity contribution in [3.63, 3.8) is 0 Å². The normalized spacial score (nSPS) is 15.4. The summed E-state index contributed by atoms with van der Waals surface area (Å²) in [7, 11) is 0. The number of hydrogen-bond acceptors (Lipinski definition) is 0. The minimum Gasteiger partial charge on any atom is -0.0651 e. The van der Waals surface area contributed by atoms with Crippen molar-refractivity contribution in [3.8, 4) is 0 Å². The summed E-state index contributed by atoms with van der Waals surface area (Å²) in [4.78, 5) is 0. The minimum atomic E-state index is -0.229. The second-order valence-corrected chi connectivity index (χ2v) is 3.56. The molecule has 0 aromatic carbocycles. The van der Waals surface area contributed by atoms with Crippen LogP contribution in [-0.2, 0) is 0 Å². The summed E-state index contributed by atoms with van der Waals surface area (Å²) in [5, 5.41) is 0. The van der Waals surface area contributed by atoms with Gasteiger partial charge in [-0.2, -0.15) is 0 Å². The molecule has 0 radical (unpaired) electrons. The van der Waals surface area contributed by atoms with Crippen molar-refractivity contribution in [3.05, 3.63) is 0 Å². The van der Waals surface area contributed by atoms with E-state index in [1.165, 1.54) is 0 Å². The summed E-state index contributed by atoms with van der Waals surface area (Å²) in [5.41, 5.74) is 0.122. The summed E-state index contributed by atoms with van der Waals surface area (Å²) in [5.74, 6) is -0.229. The Hall–Kier alpha value is 0. The predicted molar refractivity (Wildman–Crippen MR) is 43.5 cm³/mol. The Balaban J connectivity index is 4.33. The maximum absolute atomic E-state index is 8.07. The lowest BCUT2D eigenvalue weighted by Gasteiger charge is -2.28. The van der Waals surface area contributed by atoms with Gasteiger partial charge in [0.05, 0.1) is 0 Å². The van der Waals surface area contributed by atoms with Gasteiger partial charge in [0, 0.05) is 1.37 Å². The molecule has 0 aliphatic rings. The third kappa shape index (κ3) is 2.88. The van der Waals surface area contributed by atoms with Gasteiger partial charge in [0.1, 0.15) is 0 Å². The standard InChI is InChI=1S/C9H20/c1-6-8(7-2)9(3,4)5/h8H,6-7H2,1-5H3/i8D. The summed E-state index contributed by atoms with van der Waals surface area (Å²) < 4.78 is 8.07. The van der Waals surface area contributed by atoms with Crippen LogP contribution < -0.4 is 0 Å². The van der Waals surface area contributed by atoms with Crippen LogP contribution >= 0.6 is 0 Å². The minimum absolute atomic E-state index is 0.122. The van der Waals surface area contributed by atoms with Crippen molar-refractivity contribution < 1.29 is 1.37 Å². The molecule has 9 heavy (non-hydrogen) atoms. The van der Waals surface area contributed by atoms with E-state index in [-0.39, 0.29) is 11.3 Å². The zero-order chi connectivity index (χ0) is 8.41. The quantitative estimate of drug-likeness (QED) is 0.535. The third-order valence-electron chi connectivity index (χ3n) is 1.91. The van der Waals surface area contributed by atoms with Crippen molar-refractivity contribution in [1.82, 2.24) is 0 Å².